The quantitative estimate of drug-likeness (QED) is 0.261. The maximum absolute atomic E-state index is 12.8. The van der Waals surface area contributed by atoms with Gasteiger partial charge in [-0.05, 0) is 61.7 Å². The summed E-state index contributed by atoms with van der Waals surface area (Å²) in [6.45, 7) is 7.08. The Morgan fingerprint density at radius 3 is 2.23 bits per heavy atom. The van der Waals surface area contributed by atoms with Crippen LogP contribution < -0.4 is 16.2 Å². The van der Waals surface area contributed by atoms with Crippen molar-refractivity contribution in [3.63, 3.8) is 0 Å². The van der Waals surface area contributed by atoms with Crippen LogP contribution in [0.3, 0.4) is 0 Å². The number of ether oxygens (including phenoxy) is 1. The number of hydrogen-bond donors (Lipinski definition) is 2. The molecular formula is C24H32N4O3. The highest BCUT2D eigenvalue weighted by Crippen LogP contribution is 2.18. The fourth-order valence-electron chi connectivity index (χ4n) is 3.08. The van der Waals surface area contributed by atoms with Crippen molar-refractivity contribution in [1.29, 1.82) is 0 Å². The van der Waals surface area contributed by atoms with Crippen LogP contribution in [0.1, 0.15) is 56.0 Å². The lowest BCUT2D eigenvalue weighted by atomic mass is 10.1. The molecule has 0 spiro atoms. The average molecular weight is 425 g/mol. The fraction of sp³-hybridized carbons (Fsp3) is 0.375. The Hall–Kier alpha value is -3.35. The van der Waals surface area contributed by atoms with Crippen LogP contribution >= 0.6 is 0 Å². The van der Waals surface area contributed by atoms with E-state index >= 15 is 0 Å². The van der Waals surface area contributed by atoms with E-state index in [1.54, 1.807) is 36.4 Å². The van der Waals surface area contributed by atoms with Gasteiger partial charge in [-0.15, -0.1) is 0 Å². The smallest absolute Gasteiger partial charge is 0.343 e. The topological polar surface area (TPSA) is 111 Å². The number of amides is 1. The molecule has 4 N–H and O–H groups in total. The van der Waals surface area contributed by atoms with Crippen LogP contribution in [0.15, 0.2) is 53.5 Å². The van der Waals surface area contributed by atoms with Gasteiger partial charge in [0.15, 0.2) is 5.96 Å². The Kier molecular flexibility index (Phi) is 9.06. The van der Waals surface area contributed by atoms with E-state index in [1.165, 1.54) is 0 Å². The van der Waals surface area contributed by atoms with Gasteiger partial charge in [0.05, 0.1) is 17.7 Å². The number of nitrogens with two attached hydrogens (primary N) is 2. The van der Waals surface area contributed by atoms with Gasteiger partial charge in [-0.2, -0.15) is 0 Å². The zero-order chi connectivity index (χ0) is 22.8. The molecule has 166 valence electrons. The van der Waals surface area contributed by atoms with Crippen LogP contribution in [0.4, 0.5) is 5.69 Å². The van der Waals surface area contributed by atoms with Crippen LogP contribution in [0.5, 0.6) is 5.75 Å². The van der Waals surface area contributed by atoms with Crippen molar-refractivity contribution in [3.8, 4) is 5.75 Å². The standard InChI is InChI=1S/C24H32N4O3/c1-4-6-15-28(17(3)5-2)22(29)16-18-7-13-21(14-8-18)31-23(30)19-9-11-20(12-10-19)27-24(25)26/h7-14,17H,4-6,15-16H2,1-3H3,(H4,25,26,27). The van der Waals surface area contributed by atoms with Crippen molar-refractivity contribution in [3.05, 3.63) is 59.7 Å². The van der Waals surface area contributed by atoms with E-state index in [-0.39, 0.29) is 17.9 Å². The minimum Gasteiger partial charge on any atom is -0.423 e. The first kappa shape index (κ1) is 23.9. The first-order chi connectivity index (χ1) is 14.8. The largest absolute Gasteiger partial charge is 0.423 e. The van der Waals surface area contributed by atoms with E-state index in [0.717, 1.165) is 31.4 Å². The van der Waals surface area contributed by atoms with Crippen LogP contribution in [-0.4, -0.2) is 35.3 Å². The van der Waals surface area contributed by atoms with E-state index in [1.807, 2.05) is 17.0 Å². The van der Waals surface area contributed by atoms with E-state index < -0.39 is 5.97 Å². The third-order valence-electron chi connectivity index (χ3n) is 5.05. The number of aliphatic imine (C=N–C) groups is 1. The molecule has 0 radical (unpaired) electrons. The van der Waals surface area contributed by atoms with Crippen molar-refractivity contribution in [1.82, 2.24) is 4.90 Å². The first-order valence-corrected chi connectivity index (χ1v) is 10.6. The van der Waals surface area contributed by atoms with Crippen LogP contribution in [-0.2, 0) is 11.2 Å². The third-order valence-corrected chi connectivity index (χ3v) is 5.05. The number of esters is 1. The summed E-state index contributed by atoms with van der Waals surface area (Å²) in [5.41, 5.74) is 12.5. The Labute approximate surface area is 184 Å². The van der Waals surface area contributed by atoms with Crippen molar-refractivity contribution in [2.45, 2.75) is 52.5 Å². The number of benzene rings is 2. The molecule has 1 atom stereocenters. The second-order valence-corrected chi connectivity index (χ2v) is 7.49. The molecule has 2 rings (SSSR count). The van der Waals surface area contributed by atoms with Gasteiger partial charge in [-0.3, -0.25) is 4.79 Å². The van der Waals surface area contributed by atoms with E-state index in [0.29, 0.717) is 23.4 Å². The predicted molar refractivity (Wildman–Crippen MR) is 123 cm³/mol. The zero-order valence-corrected chi connectivity index (χ0v) is 18.5. The molecule has 2 aromatic carbocycles. The van der Waals surface area contributed by atoms with Crippen molar-refractivity contribution in [2.75, 3.05) is 6.54 Å². The lowest BCUT2D eigenvalue weighted by Crippen LogP contribution is -2.40. The predicted octanol–water partition coefficient (Wildman–Crippen LogP) is 3.78. The minimum atomic E-state index is -0.484. The molecule has 0 heterocycles. The number of carbonyl (C=O) groups is 2. The molecule has 0 saturated carbocycles. The van der Waals surface area contributed by atoms with Crippen LogP contribution in [0.25, 0.3) is 0 Å². The number of hydrogen-bond acceptors (Lipinski definition) is 4. The summed E-state index contributed by atoms with van der Waals surface area (Å²) >= 11 is 0. The van der Waals surface area contributed by atoms with E-state index in [4.69, 9.17) is 16.2 Å². The summed E-state index contributed by atoms with van der Waals surface area (Å²) in [6.07, 6.45) is 3.31. The molecule has 7 heteroatoms. The van der Waals surface area contributed by atoms with Gasteiger partial charge in [-0.25, -0.2) is 9.79 Å². The fourth-order valence-corrected chi connectivity index (χ4v) is 3.08. The number of rotatable bonds is 10. The molecular weight excluding hydrogens is 392 g/mol. The van der Waals surface area contributed by atoms with Gasteiger partial charge in [0, 0.05) is 12.6 Å². The molecule has 0 aromatic heterocycles. The van der Waals surface area contributed by atoms with E-state index in [2.05, 4.69) is 25.8 Å². The van der Waals surface area contributed by atoms with Gasteiger partial charge >= 0.3 is 5.97 Å². The van der Waals surface area contributed by atoms with Gasteiger partial charge in [0.25, 0.3) is 0 Å². The molecule has 0 aliphatic carbocycles. The lowest BCUT2D eigenvalue weighted by molar-refractivity contribution is -0.132. The summed E-state index contributed by atoms with van der Waals surface area (Å²) in [7, 11) is 0. The van der Waals surface area contributed by atoms with Gasteiger partial charge in [-0.1, -0.05) is 32.4 Å². The molecule has 31 heavy (non-hydrogen) atoms. The molecule has 0 fully saturated rings. The molecule has 0 aliphatic heterocycles. The van der Waals surface area contributed by atoms with Gasteiger partial charge in [0.1, 0.15) is 5.75 Å². The lowest BCUT2D eigenvalue weighted by Gasteiger charge is -2.28. The Bertz CT molecular complexity index is 888. The number of carbonyl (C=O) groups excluding carboxylic acids is 2. The van der Waals surface area contributed by atoms with Crippen LogP contribution in [0, 0.1) is 0 Å². The van der Waals surface area contributed by atoms with E-state index in [9.17, 15) is 9.59 Å². The minimum absolute atomic E-state index is 0.0495. The number of guanidine groups is 1. The summed E-state index contributed by atoms with van der Waals surface area (Å²) in [6, 6.07) is 13.7. The SMILES string of the molecule is CCCCN(C(=O)Cc1ccc(OC(=O)c2ccc(N=C(N)N)cc2)cc1)C(C)CC. The second kappa shape index (κ2) is 11.7. The number of unbranched alkanes of at least 4 members (excludes halogenated alkanes) is 1. The number of nitrogens with zero attached hydrogens (tertiary/aromatic N) is 2. The van der Waals surface area contributed by atoms with Gasteiger partial charge in [0.2, 0.25) is 5.91 Å². The molecule has 0 saturated heterocycles. The van der Waals surface area contributed by atoms with Crippen molar-refractivity contribution < 1.29 is 14.3 Å². The highest BCUT2D eigenvalue weighted by molar-refractivity contribution is 5.91. The summed E-state index contributed by atoms with van der Waals surface area (Å²) in [5, 5.41) is 0. The normalized spacial score (nSPS) is 11.5. The second-order valence-electron chi connectivity index (χ2n) is 7.49. The monoisotopic (exact) mass is 424 g/mol. The zero-order valence-electron chi connectivity index (χ0n) is 18.5. The summed E-state index contributed by atoms with van der Waals surface area (Å²) < 4.78 is 5.42. The Balaban J connectivity index is 1.98. The molecule has 1 amide bonds. The third kappa shape index (κ3) is 7.44. The molecule has 7 nitrogen and oxygen atoms in total. The summed E-state index contributed by atoms with van der Waals surface area (Å²) in [4.78, 5) is 31.0. The van der Waals surface area contributed by atoms with Crippen molar-refractivity contribution in [2.24, 2.45) is 16.5 Å². The molecule has 1 unspecified atom stereocenters. The maximum Gasteiger partial charge on any atom is 0.343 e. The Morgan fingerprint density at radius 2 is 1.68 bits per heavy atom. The first-order valence-electron chi connectivity index (χ1n) is 10.6. The highest BCUT2D eigenvalue weighted by Gasteiger charge is 2.18. The maximum atomic E-state index is 12.8. The highest BCUT2D eigenvalue weighted by atomic mass is 16.5. The van der Waals surface area contributed by atoms with Crippen LogP contribution in [0.2, 0.25) is 0 Å². The van der Waals surface area contributed by atoms with Gasteiger partial charge < -0.3 is 21.1 Å². The average Bonchev–Trinajstić information content (AvgIpc) is 2.75. The van der Waals surface area contributed by atoms with Crippen molar-refractivity contribution >= 4 is 23.5 Å². The molecule has 0 aliphatic rings. The molecule has 2 aromatic rings. The Morgan fingerprint density at radius 1 is 1.03 bits per heavy atom. The summed E-state index contributed by atoms with van der Waals surface area (Å²) in [5.74, 6) is 0.00166. The molecule has 0 bridgehead atoms.